The SMILES string of the molecule is CN[C@@H](Cc1ccc2cn[nH]c2c1)C(C)=O. The zero-order valence-corrected chi connectivity index (χ0v) is 9.45. The molecule has 2 rings (SSSR count). The number of Topliss-reactive ketones (excluding diaryl/α,β-unsaturated/α-hetero) is 1. The number of H-pyrrole nitrogens is 1. The van der Waals surface area contributed by atoms with Gasteiger partial charge in [0.2, 0.25) is 0 Å². The number of nitrogens with one attached hydrogen (secondary N) is 2. The molecule has 0 unspecified atom stereocenters. The molecular weight excluding hydrogens is 202 g/mol. The number of aromatic nitrogens is 2. The van der Waals surface area contributed by atoms with Crippen molar-refractivity contribution in [2.24, 2.45) is 0 Å². The number of ketones is 1. The van der Waals surface area contributed by atoms with Crippen molar-refractivity contribution in [3.63, 3.8) is 0 Å². The van der Waals surface area contributed by atoms with E-state index in [1.54, 1.807) is 20.2 Å². The van der Waals surface area contributed by atoms with E-state index in [9.17, 15) is 4.79 Å². The highest BCUT2D eigenvalue weighted by Gasteiger charge is 2.12. The lowest BCUT2D eigenvalue weighted by atomic mass is 10.0. The number of likely N-dealkylation sites (N-methyl/N-ethyl adjacent to an activating group) is 1. The number of benzene rings is 1. The van der Waals surface area contributed by atoms with Crippen LogP contribution in [0.1, 0.15) is 12.5 Å². The van der Waals surface area contributed by atoms with Crippen molar-refractivity contribution in [1.29, 1.82) is 0 Å². The minimum Gasteiger partial charge on any atom is -0.310 e. The van der Waals surface area contributed by atoms with E-state index >= 15 is 0 Å². The molecule has 4 heteroatoms. The van der Waals surface area contributed by atoms with Crippen LogP contribution in [0, 0.1) is 0 Å². The first-order valence-electron chi connectivity index (χ1n) is 5.30. The monoisotopic (exact) mass is 217 g/mol. The van der Waals surface area contributed by atoms with Gasteiger partial charge in [0.15, 0.2) is 0 Å². The molecule has 1 aromatic carbocycles. The standard InChI is InChI=1S/C12H15N3O/c1-8(16)11(13-2)5-9-3-4-10-7-14-15-12(10)6-9/h3-4,6-7,11,13H,5H2,1-2H3,(H,14,15)/t11-/m0/s1. The molecule has 1 heterocycles. The molecular formula is C12H15N3O. The summed E-state index contributed by atoms with van der Waals surface area (Å²) in [6.07, 6.45) is 2.50. The summed E-state index contributed by atoms with van der Waals surface area (Å²) in [6, 6.07) is 5.97. The lowest BCUT2D eigenvalue weighted by molar-refractivity contribution is -0.118. The molecule has 2 aromatic rings. The van der Waals surface area contributed by atoms with Crippen molar-refractivity contribution in [2.45, 2.75) is 19.4 Å². The van der Waals surface area contributed by atoms with Gasteiger partial charge in [-0.2, -0.15) is 5.10 Å². The Labute approximate surface area is 94.0 Å². The summed E-state index contributed by atoms with van der Waals surface area (Å²) in [4.78, 5) is 11.3. The first-order chi connectivity index (χ1) is 7.70. The van der Waals surface area contributed by atoms with E-state index in [0.29, 0.717) is 6.42 Å². The molecule has 0 bridgehead atoms. The van der Waals surface area contributed by atoms with Crippen LogP contribution in [0.2, 0.25) is 0 Å². The average Bonchev–Trinajstić information content (AvgIpc) is 2.72. The van der Waals surface area contributed by atoms with Gasteiger partial charge in [0.1, 0.15) is 5.78 Å². The van der Waals surface area contributed by atoms with Crippen molar-refractivity contribution < 1.29 is 4.79 Å². The Morgan fingerprint density at radius 1 is 1.56 bits per heavy atom. The van der Waals surface area contributed by atoms with Gasteiger partial charge >= 0.3 is 0 Å². The Morgan fingerprint density at radius 2 is 2.38 bits per heavy atom. The lowest BCUT2D eigenvalue weighted by Crippen LogP contribution is -2.34. The largest absolute Gasteiger partial charge is 0.310 e. The van der Waals surface area contributed by atoms with Crippen LogP contribution in [0.15, 0.2) is 24.4 Å². The van der Waals surface area contributed by atoms with Crippen molar-refractivity contribution in [1.82, 2.24) is 15.5 Å². The minimum absolute atomic E-state index is 0.111. The molecule has 0 fully saturated rings. The normalized spacial score (nSPS) is 12.9. The number of carbonyl (C=O) groups is 1. The van der Waals surface area contributed by atoms with Crippen LogP contribution in [0.25, 0.3) is 10.9 Å². The second kappa shape index (κ2) is 4.45. The summed E-state index contributed by atoms with van der Waals surface area (Å²) in [6.45, 7) is 1.61. The van der Waals surface area contributed by atoms with Crippen LogP contribution < -0.4 is 5.32 Å². The first-order valence-corrected chi connectivity index (χ1v) is 5.30. The number of nitrogens with zero attached hydrogens (tertiary/aromatic N) is 1. The van der Waals surface area contributed by atoms with Crippen LogP contribution in [0.5, 0.6) is 0 Å². The van der Waals surface area contributed by atoms with Gasteiger partial charge in [0, 0.05) is 5.39 Å². The lowest BCUT2D eigenvalue weighted by Gasteiger charge is -2.12. The van der Waals surface area contributed by atoms with E-state index in [2.05, 4.69) is 15.5 Å². The molecule has 4 nitrogen and oxygen atoms in total. The van der Waals surface area contributed by atoms with Crippen LogP contribution in [-0.4, -0.2) is 29.1 Å². The number of hydrogen-bond donors (Lipinski definition) is 2. The number of aromatic amines is 1. The van der Waals surface area contributed by atoms with Gasteiger partial charge in [-0.25, -0.2) is 0 Å². The Kier molecular flexibility index (Phi) is 3.01. The zero-order chi connectivity index (χ0) is 11.5. The summed E-state index contributed by atoms with van der Waals surface area (Å²) in [7, 11) is 1.81. The van der Waals surface area contributed by atoms with E-state index < -0.39 is 0 Å². The second-order valence-electron chi connectivity index (χ2n) is 3.95. The highest BCUT2D eigenvalue weighted by molar-refractivity contribution is 5.82. The fourth-order valence-electron chi connectivity index (χ4n) is 1.80. The van der Waals surface area contributed by atoms with Gasteiger partial charge in [-0.1, -0.05) is 12.1 Å². The molecule has 0 saturated heterocycles. The highest BCUT2D eigenvalue weighted by Crippen LogP contribution is 2.14. The number of hydrogen-bond acceptors (Lipinski definition) is 3. The number of rotatable bonds is 4. The van der Waals surface area contributed by atoms with Crippen LogP contribution in [0.4, 0.5) is 0 Å². The van der Waals surface area contributed by atoms with Crippen LogP contribution >= 0.6 is 0 Å². The highest BCUT2D eigenvalue weighted by atomic mass is 16.1. The molecule has 16 heavy (non-hydrogen) atoms. The Bertz CT molecular complexity index is 504. The van der Waals surface area contributed by atoms with E-state index in [0.717, 1.165) is 16.5 Å². The third-order valence-corrected chi connectivity index (χ3v) is 2.79. The van der Waals surface area contributed by atoms with E-state index in [1.165, 1.54) is 0 Å². The molecule has 1 aromatic heterocycles. The smallest absolute Gasteiger partial charge is 0.147 e. The molecule has 0 amide bonds. The molecule has 0 aliphatic carbocycles. The van der Waals surface area contributed by atoms with E-state index in [1.807, 2.05) is 18.2 Å². The molecule has 0 aliphatic rings. The maximum atomic E-state index is 11.3. The molecule has 1 atom stereocenters. The summed E-state index contributed by atoms with van der Waals surface area (Å²) >= 11 is 0. The minimum atomic E-state index is -0.111. The third kappa shape index (κ3) is 2.12. The topological polar surface area (TPSA) is 57.8 Å². The Balaban J connectivity index is 2.23. The fraction of sp³-hybridized carbons (Fsp3) is 0.333. The summed E-state index contributed by atoms with van der Waals surface area (Å²) in [5.74, 6) is 0.159. The first kappa shape index (κ1) is 10.8. The van der Waals surface area contributed by atoms with Gasteiger partial charge in [-0.3, -0.25) is 9.89 Å². The van der Waals surface area contributed by atoms with Crippen molar-refractivity contribution in [2.75, 3.05) is 7.05 Å². The Morgan fingerprint density at radius 3 is 3.06 bits per heavy atom. The molecule has 0 radical (unpaired) electrons. The van der Waals surface area contributed by atoms with Crippen molar-refractivity contribution >= 4 is 16.7 Å². The zero-order valence-electron chi connectivity index (χ0n) is 9.45. The van der Waals surface area contributed by atoms with Gasteiger partial charge in [0.05, 0.1) is 17.8 Å². The summed E-state index contributed by atoms with van der Waals surface area (Å²) in [5, 5.41) is 11.0. The number of carbonyl (C=O) groups excluding carboxylic acids is 1. The van der Waals surface area contributed by atoms with Crippen molar-refractivity contribution in [3.05, 3.63) is 30.0 Å². The predicted molar refractivity (Wildman–Crippen MR) is 63.3 cm³/mol. The maximum Gasteiger partial charge on any atom is 0.147 e. The van der Waals surface area contributed by atoms with Gasteiger partial charge < -0.3 is 5.32 Å². The molecule has 84 valence electrons. The fourth-order valence-corrected chi connectivity index (χ4v) is 1.80. The molecule has 0 spiro atoms. The number of fused-ring (bicyclic) bond motifs is 1. The summed E-state index contributed by atoms with van der Waals surface area (Å²) < 4.78 is 0. The maximum absolute atomic E-state index is 11.3. The molecule has 0 saturated carbocycles. The van der Waals surface area contributed by atoms with Crippen molar-refractivity contribution in [3.8, 4) is 0 Å². The third-order valence-electron chi connectivity index (χ3n) is 2.79. The quantitative estimate of drug-likeness (QED) is 0.811. The summed E-state index contributed by atoms with van der Waals surface area (Å²) in [5.41, 5.74) is 2.14. The van der Waals surface area contributed by atoms with E-state index in [4.69, 9.17) is 0 Å². The van der Waals surface area contributed by atoms with E-state index in [-0.39, 0.29) is 11.8 Å². The van der Waals surface area contributed by atoms with Gasteiger partial charge in [-0.15, -0.1) is 0 Å². The van der Waals surface area contributed by atoms with Crippen LogP contribution in [-0.2, 0) is 11.2 Å². The van der Waals surface area contributed by atoms with Crippen LogP contribution in [0.3, 0.4) is 0 Å². The van der Waals surface area contributed by atoms with Gasteiger partial charge in [-0.05, 0) is 32.0 Å². The average molecular weight is 217 g/mol. The predicted octanol–water partition coefficient (Wildman–Crippen LogP) is 1.28. The van der Waals surface area contributed by atoms with Gasteiger partial charge in [0.25, 0.3) is 0 Å². The molecule has 2 N–H and O–H groups in total. The Hall–Kier alpha value is -1.68. The molecule has 0 aliphatic heterocycles. The second-order valence-corrected chi connectivity index (χ2v) is 3.95.